The Morgan fingerprint density at radius 2 is 2.28 bits per heavy atom. The predicted molar refractivity (Wildman–Crippen MR) is 70.0 cm³/mol. The number of nitrogens with one attached hydrogen (secondary N) is 1. The van der Waals surface area contributed by atoms with E-state index in [0.717, 1.165) is 15.9 Å². The van der Waals surface area contributed by atoms with Crippen molar-refractivity contribution in [3.63, 3.8) is 0 Å². The van der Waals surface area contributed by atoms with Crippen LogP contribution in [0.2, 0.25) is 0 Å². The molecule has 0 spiro atoms. The number of rotatable bonds is 4. The molecule has 0 saturated heterocycles. The van der Waals surface area contributed by atoms with Gasteiger partial charge in [0.05, 0.1) is 15.7 Å². The van der Waals surface area contributed by atoms with Crippen LogP contribution < -0.4 is 11.1 Å². The maximum absolute atomic E-state index is 5.42. The predicted octanol–water partition coefficient (Wildman–Crippen LogP) is 1.92. The molecule has 0 bridgehead atoms. The highest BCUT2D eigenvalue weighted by Gasteiger charge is 2.06. The Bertz CT molecular complexity index is 662. The minimum absolute atomic E-state index is 0.377. The molecule has 3 N–H and O–H groups in total. The Morgan fingerprint density at radius 3 is 3.17 bits per heavy atom. The lowest BCUT2D eigenvalue weighted by atomic mass is 10.3. The van der Waals surface area contributed by atoms with Crippen LogP contribution in [0.25, 0.3) is 10.2 Å². The summed E-state index contributed by atoms with van der Waals surface area (Å²) in [7, 11) is 0. The first-order valence-corrected chi connectivity index (χ1v) is 6.36. The molecule has 0 fully saturated rings. The average Bonchev–Trinajstić information content (AvgIpc) is 2.98. The zero-order chi connectivity index (χ0) is 12.4. The van der Waals surface area contributed by atoms with Crippen molar-refractivity contribution in [3.05, 3.63) is 29.6 Å². The molecule has 6 nitrogen and oxygen atoms in total. The summed E-state index contributed by atoms with van der Waals surface area (Å²) in [6.07, 6.45) is 0.586. The van der Waals surface area contributed by atoms with Crippen molar-refractivity contribution < 1.29 is 4.42 Å². The van der Waals surface area contributed by atoms with Crippen LogP contribution in [0.5, 0.6) is 0 Å². The van der Waals surface area contributed by atoms with E-state index in [9.17, 15) is 0 Å². The van der Waals surface area contributed by atoms with Crippen LogP contribution >= 0.6 is 11.3 Å². The van der Waals surface area contributed by atoms with Crippen LogP contribution in [0.4, 0.5) is 11.7 Å². The van der Waals surface area contributed by atoms with Gasteiger partial charge in [-0.2, -0.15) is 0 Å². The third-order valence-corrected chi connectivity index (χ3v) is 3.20. The van der Waals surface area contributed by atoms with Gasteiger partial charge in [-0.3, -0.25) is 0 Å². The summed E-state index contributed by atoms with van der Waals surface area (Å²) in [5.74, 6) is 0.541. The number of hydrogen-bond acceptors (Lipinski definition) is 7. The van der Waals surface area contributed by atoms with Crippen molar-refractivity contribution in [1.82, 2.24) is 15.2 Å². The molecule has 0 amide bonds. The first-order chi connectivity index (χ1) is 8.85. The summed E-state index contributed by atoms with van der Waals surface area (Å²) < 4.78 is 6.51. The van der Waals surface area contributed by atoms with Gasteiger partial charge in [-0.25, -0.2) is 4.98 Å². The maximum Gasteiger partial charge on any atom is 0.320 e. The van der Waals surface area contributed by atoms with Crippen molar-refractivity contribution in [3.8, 4) is 0 Å². The minimum Gasteiger partial charge on any atom is -0.408 e. The largest absolute Gasteiger partial charge is 0.408 e. The topological polar surface area (TPSA) is 89.9 Å². The van der Waals surface area contributed by atoms with Gasteiger partial charge in [0.2, 0.25) is 5.89 Å². The fourth-order valence-electron chi connectivity index (χ4n) is 1.58. The van der Waals surface area contributed by atoms with Crippen LogP contribution in [0.3, 0.4) is 0 Å². The summed E-state index contributed by atoms with van der Waals surface area (Å²) in [6, 6.07) is 6.25. The second kappa shape index (κ2) is 4.71. The van der Waals surface area contributed by atoms with Gasteiger partial charge in [0.15, 0.2) is 0 Å². The standard InChI is InChI=1S/C11H11N5OS/c12-4-3-10-15-16-11(17-10)14-7-1-2-8-9(5-7)18-6-13-8/h1-2,5-6H,3-4,12H2,(H,14,16). The number of hydrogen-bond donors (Lipinski definition) is 2. The SMILES string of the molecule is NCCc1nnc(Nc2ccc3ncsc3c2)o1. The molecule has 3 aromatic rings. The lowest BCUT2D eigenvalue weighted by Gasteiger charge is -2.00. The Kier molecular flexibility index (Phi) is 2.91. The maximum atomic E-state index is 5.42. The number of anilines is 2. The zero-order valence-corrected chi connectivity index (χ0v) is 10.3. The van der Waals surface area contributed by atoms with E-state index in [1.165, 1.54) is 0 Å². The highest BCUT2D eigenvalue weighted by Crippen LogP contribution is 2.23. The molecule has 0 unspecified atom stereocenters. The van der Waals surface area contributed by atoms with Gasteiger partial charge in [-0.05, 0) is 18.2 Å². The number of benzene rings is 1. The smallest absolute Gasteiger partial charge is 0.320 e. The highest BCUT2D eigenvalue weighted by atomic mass is 32.1. The molecule has 2 heterocycles. The van der Waals surface area contributed by atoms with E-state index in [1.807, 2.05) is 23.7 Å². The summed E-state index contributed by atoms with van der Waals surface area (Å²) in [5.41, 5.74) is 9.12. The van der Waals surface area contributed by atoms with E-state index in [4.69, 9.17) is 10.2 Å². The van der Waals surface area contributed by atoms with Gasteiger partial charge in [-0.1, -0.05) is 5.10 Å². The Hall–Kier alpha value is -1.99. The number of fused-ring (bicyclic) bond motifs is 1. The van der Waals surface area contributed by atoms with Gasteiger partial charge in [0.25, 0.3) is 0 Å². The molecule has 3 rings (SSSR count). The van der Waals surface area contributed by atoms with Crippen molar-refractivity contribution >= 4 is 33.3 Å². The second-order valence-electron chi connectivity index (χ2n) is 3.70. The number of nitrogens with zero attached hydrogens (tertiary/aromatic N) is 3. The molecule has 92 valence electrons. The lowest BCUT2D eigenvalue weighted by molar-refractivity contribution is 0.510. The minimum atomic E-state index is 0.377. The van der Waals surface area contributed by atoms with Crippen molar-refractivity contribution in [2.45, 2.75) is 6.42 Å². The van der Waals surface area contributed by atoms with E-state index in [-0.39, 0.29) is 0 Å². The Morgan fingerprint density at radius 1 is 1.33 bits per heavy atom. The number of thiazole rings is 1. The van der Waals surface area contributed by atoms with Gasteiger partial charge in [0, 0.05) is 18.7 Å². The monoisotopic (exact) mass is 261 g/mol. The summed E-state index contributed by atoms with van der Waals surface area (Å²) >= 11 is 1.59. The van der Waals surface area contributed by atoms with Gasteiger partial charge < -0.3 is 15.5 Å². The van der Waals surface area contributed by atoms with Crippen molar-refractivity contribution in [2.75, 3.05) is 11.9 Å². The van der Waals surface area contributed by atoms with Crippen LogP contribution in [-0.4, -0.2) is 21.7 Å². The molecule has 0 radical (unpaired) electrons. The number of nitrogens with two attached hydrogens (primary N) is 1. The van der Waals surface area contributed by atoms with E-state index in [1.54, 1.807) is 11.3 Å². The molecule has 0 aliphatic heterocycles. The fraction of sp³-hybridized carbons (Fsp3) is 0.182. The van der Waals surface area contributed by atoms with Gasteiger partial charge in [0.1, 0.15) is 0 Å². The molecule has 18 heavy (non-hydrogen) atoms. The Labute approximate surface area is 107 Å². The molecule has 7 heteroatoms. The second-order valence-corrected chi connectivity index (χ2v) is 4.59. The first kappa shape index (κ1) is 11.1. The van der Waals surface area contributed by atoms with Crippen molar-refractivity contribution in [1.29, 1.82) is 0 Å². The third-order valence-electron chi connectivity index (χ3n) is 2.41. The molecule has 0 saturated carbocycles. The van der Waals surface area contributed by atoms with Crippen molar-refractivity contribution in [2.24, 2.45) is 5.73 Å². The molecule has 0 aliphatic rings. The van der Waals surface area contributed by atoms with E-state index in [0.29, 0.717) is 24.9 Å². The van der Waals surface area contributed by atoms with Crippen LogP contribution in [0.1, 0.15) is 5.89 Å². The molecule has 0 atom stereocenters. The first-order valence-electron chi connectivity index (χ1n) is 5.48. The quantitative estimate of drug-likeness (QED) is 0.745. The van der Waals surface area contributed by atoms with Crippen LogP contribution in [-0.2, 0) is 6.42 Å². The van der Waals surface area contributed by atoms with E-state index in [2.05, 4.69) is 20.5 Å². The number of aromatic nitrogens is 3. The average molecular weight is 261 g/mol. The summed E-state index contributed by atoms with van der Waals surface area (Å²) in [4.78, 5) is 4.22. The van der Waals surface area contributed by atoms with E-state index >= 15 is 0 Å². The van der Waals surface area contributed by atoms with Gasteiger partial charge in [-0.15, -0.1) is 16.4 Å². The molecular weight excluding hydrogens is 250 g/mol. The molecule has 1 aromatic carbocycles. The summed E-state index contributed by atoms with van der Waals surface area (Å²) in [6.45, 7) is 0.495. The zero-order valence-electron chi connectivity index (χ0n) is 9.46. The third kappa shape index (κ3) is 2.18. The molecule has 0 aliphatic carbocycles. The van der Waals surface area contributed by atoms with Crippen LogP contribution in [0, 0.1) is 0 Å². The molecule has 2 aromatic heterocycles. The molecular formula is C11H11N5OS. The highest BCUT2D eigenvalue weighted by molar-refractivity contribution is 7.16. The normalized spacial score (nSPS) is 10.9. The Balaban J connectivity index is 1.81. The van der Waals surface area contributed by atoms with Crippen LogP contribution in [0.15, 0.2) is 28.1 Å². The fourth-order valence-corrected chi connectivity index (χ4v) is 2.30. The van der Waals surface area contributed by atoms with E-state index < -0.39 is 0 Å². The van der Waals surface area contributed by atoms with Gasteiger partial charge >= 0.3 is 6.01 Å². The lowest BCUT2D eigenvalue weighted by Crippen LogP contribution is -2.02. The summed E-state index contributed by atoms with van der Waals surface area (Å²) in [5, 5.41) is 10.9.